The number of aromatic carboxylic acids is 1. The molecule has 1 aromatic rings. The van der Waals surface area contributed by atoms with Crippen molar-refractivity contribution in [3.05, 3.63) is 17.5 Å². The van der Waals surface area contributed by atoms with E-state index in [1.807, 2.05) is 0 Å². The maximum Gasteiger partial charge on any atom is 0.356 e. The molecule has 1 atom stereocenters. The lowest BCUT2D eigenvalue weighted by atomic mass is 9.75. The minimum atomic E-state index is -0.965. The quantitative estimate of drug-likeness (QED) is 0.773. The van der Waals surface area contributed by atoms with Crippen molar-refractivity contribution in [2.24, 2.45) is 5.92 Å². The zero-order valence-electron chi connectivity index (χ0n) is 8.16. The summed E-state index contributed by atoms with van der Waals surface area (Å²) < 4.78 is 0. The number of hydrogen-bond acceptors (Lipinski definition) is 2. The number of H-pyrrole nitrogens is 1. The fraction of sp³-hybridized carbons (Fsp3) is 0.600. The van der Waals surface area contributed by atoms with E-state index in [9.17, 15) is 4.79 Å². The van der Waals surface area contributed by atoms with Crippen LogP contribution in [0.3, 0.4) is 0 Å². The third kappa shape index (κ3) is 1.52. The molecule has 1 aliphatic carbocycles. The number of nitrogens with one attached hydrogen (secondary N) is 1. The summed E-state index contributed by atoms with van der Waals surface area (Å²) in [6.45, 7) is 2.13. The molecule has 1 aliphatic rings. The van der Waals surface area contributed by atoms with Crippen molar-refractivity contribution in [2.75, 3.05) is 0 Å². The summed E-state index contributed by atoms with van der Waals surface area (Å²) in [6, 6.07) is 1.64. The molecule has 2 rings (SSSR count). The molecule has 1 unspecified atom stereocenters. The molecule has 0 bridgehead atoms. The Morgan fingerprint density at radius 1 is 1.71 bits per heavy atom. The first kappa shape index (κ1) is 9.24. The van der Waals surface area contributed by atoms with Gasteiger partial charge in [-0.05, 0) is 24.8 Å². The van der Waals surface area contributed by atoms with Crippen LogP contribution in [-0.4, -0.2) is 21.3 Å². The number of aromatic nitrogens is 2. The van der Waals surface area contributed by atoms with Crippen LogP contribution in [0.4, 0.5) is 0 Å². The van der Waals surface area contributed by atoms with Gasteiger partial charge in [-0.2, -0.15) is 5.10 Å². The fourth-order valence-corrected chi connectivity index (χ4v) is 1.87. The van der Waals surface area contributed by atoms with Crippen LogP contribution in [0.25, 0.3) is 0 Å². The van der Waals surface area contributed by atoms with Crippen LogP contribution in [0.2, 0.25) is 0 Å². The molecular formula is C10H14N2O2. The maximum atomic E-state index is 10.6. The molecule has 14 heavy (non-hydrogen) atoms. The second-order valence-electron chi connectivity index (χ2n) is 3.99. The molecule has 0 amide bonds. The number of carbonyl (C=O) groups is 1. The molecule has 0 aliphatic heterocycles. The topological polar surface area (TPSA) is 66.0 Å². The Bertz CT molecular complexity index is 342. The van der Waals surface area contributed by atoms with Gasteiger partial charge in [-0.25, -0.2) is 4.79 Å². The summed E-state index contributed by atoms with van der Waals surface area (Å²) in [6.07, 6.45) is 3.81. The van der Waals surface area contributed by atoms with Gasteiger partial charge in [-0.1, -0.05) is 13.3 Å². The van der Waals surface area contributed by atoms with Crippen molar-refractivity contribution < 1.29 is 9.90 Å². The molecule has 0 saturated heterocycles. The minimum Gasteiger partial charge on any atom is -0.476 e. The number of aromatic amines is 1. The van der Waals surface area contributed by atoms with E-state index in [1.54, 1.807) is 6.07 Å². The maximum absolute atomic E-state index is 10.6. The lowest BCUT2D eigenvalue weighted by Gasteiger charge is -2.30. The van der Waals surface area contributed by atoms with Gasteiger partial charge >= 0.3 is 5.97 Å². The Morgan fingerprint density at radius 3 is 2.86 bits per heavy atom. The molecule has 1 heterocycles. The first-order valence-electron chi connectivity index (χ1n) is 4.97. The lowest BCUT2D eigenvalue weighted by Crippen LogP contribution is -2.18. The average molecular weight is 194 g/mol. The normalized spacial score (nSPS) is 18.9. The van der Waals surface area contributed by atoms with Crippen molar-refractivity contribution in [3.63, 3.8) is 0 Å². The monoisotopic (exact) mass is 194 g/mol. The standard InChI is InChI=1S/C10H14N2O2/c1-6(7-3-2-4-7)8-5-9(10(13)14)12-11-8/h5-7H,2-4H2,1H3,(H,11,12)(H,13,14). The van der Waals surface area contributed by atoms with Gasteiger partial charge in [-0.3, -0.25) is 5.10 Å². The highest BCUT2D eigenvalue weighted by Crippen LogP contribution is 2.38. The van der Waals surface area contributed by atoms with Crippen molar-refractivity contribution in [2.45, 2.75) is 32.1 Å². The van der Waals surface area contributed by atoms with Crippen molar-refractivity contribution in [1.82, 2.24) is 10.2 Å². The van der Waals surface area contributed by atoms with E-state index in [4.69, 9.17) is 5.11 Å². The summed E-state index contributed by atoms with van der Waals surface area (Å²) in [5.41, 5.74) is 1.07. The fourth-order valence-electron chi connectivity index (χ4n) is 1.87. The summed E-state index contributed by atoms with van der Waals surface area (Å²) in [7, 11) is 0. The Kier molecular flexibility index (Phi) is 2.27. The largest absolute Gasteiger partial charge is 0.476 e. The Hall–Kier alpha value is -1.32. The molecular weight excluding hydrogens is 180 g/mol. The van der Waals surface area contributed by atoms with Gasteiger partial charge in [0.15, 0.2) is 5.69 Å². The smallest absolute Gasteiger partial charge is 0.356 e. The number of rotatable bonds is 3. The molecule has 4 nitrogen and oxygen atoms in total. The first-order valence-corrected chi connectivity index (χ1v) is 4.97. The zero-order chi connectivity index (χ0) is 10.1. The summed E-state index contributed by atoms with van der Waals surface area (Å²) in [5, 5.41) is 15.3. The van der Waals surface area contributed by atoms with E-state index in [0.29, 0.717) is 11.8 Å². The molecule has 2 N–H and O–H groups in total. The van der Waals surface area contributed by atoms with Gasteiger partial charge in [0.1, 0.15) is 0 Å². The number of carboxylic acid groups (broad SMARTS) is 1. The predicted molar refractivity (Wildman–Crippen MR) is 51.3 cm³/mol. The Balaban J connectivity index is 2.11. The van der Waals surface area contributed by atoms with Gasteiger partial charge < -0.3 is 5.11 Å². The number of carboxylic acids is 1. The lowest BCUT2D eigenvalue weighted by molar-refractivity contribution is 0.0690. The second kappa shape index (κ2) is 3.44. The van der Waals surface area contributed by atoms with Crippen molar-refractivity contribution in [1.29, 1.82) is 0 Å². The Morgan fingerprint density at radius 2 is 2.43 bits per heavy atom. The molecule has 76 valence electrons. The van der Waals surface area contributed by atoms with Crippen molar-refractivity contribution >= 4 is 5.97 Å². The van der Waals surface area contributed by atoms with Gasteiger partial charge in [0.05, 0.1) is 0 Å². The molecule has 0 aromatic carbocycles. The molecule has 1 saturated carbocycles. The molecule has 0 radical (unpaired) electrons. The van der Waals surface area contributed by atoms with E-state index in [0.717, 1.165) is 5.69 Å². The van der Waals surface area contributed by atoms with Gasteiger partial charge in [0.25, 0.3) is 0 Å². The highest BCUT2D eigenvalue weighted by atomic mass is 16.4. The van der Waals surface area contributed by atoms with E-state index < -0.39 is 5.97 Å². The first-order chi connectivity index (χ1) is 6.68. The van der Waals surface area contributed by atoms with Crippen LogP contribution >= 0.6 is 0 Å². The van der Waals surface area contributed by atoms with E-state index in [2.05, 4.69) is 17.1 Å². The molecule has 4 heteroatoms. The third-order valence-electron chi connectivity index (χ3n) is 3.16. The SMILES string of the molecule is CC(c1cc(C(=O)O)n[nH]1)C1CCC1. The van der Waals surface area contributed by atoms with Gasteiger partial charge in [-0.15, -0.1) is 0 Å². The summed E-state index contributed by atoms with van der Waals surface area (Å²) in [5.74, 6) is 0.148. The molecule has 1 aromatic heterocycles. The highest BCUT2D eigenvalue weighted by molar-refractivity contribution is 5.85. The van der Waals surface area contributed by atoms with E-state index >= 15 is 0 Å². The summed E-state index contributed by atoms with van der Waals surface area (Å²) in [4.78, 5) is 10.6. The number of nitrogens with zero attached hydrogens (tertiary/aromatic N) is 1. The van der Waals surface area contributed by atoms with Crippen LogP contribution < -0.4 is 0 Å². The molecule has 1 fully saturated rings. The van der Waals surface area contributed by atoms with Crippen LogP contribution in [0.5, 0.6) is 0 Å². The van der Waals surface area contributed by atoms with Crippen molar-refractivity contribution in [3.8, 4) is 0 Å². The zero-order valence-corrected chi connectivity index (χ0v) is 8.16. The van der Waals surface area contributed by atoms with Crippen LogP contribution in [-0.2, 0) is 0 Å². The third-order valence-corrected chi connectivity index (χ3v) is 3.16. The summed E-state index contributed by atoms with van der Waals surface area (Å²) >= 11 is 0. The number of hydrogen-bond donors (Lipinski definition) is 2. The van der Waals surface area contributed by atoms with Crippen LogP contribution in [0.15, 0.2) is 6.07 Å². The van der Waals surface area contributed by atoms with Gasteiger partial charge in [0.2, 0.25) is 0 Å². The average Bonchev–Trinajstić information content (AvgIpc) is 2.48. The molecule has 0 spiro atoms. The predicted octanol–water partition coefficient (Wildman–Crippen LogP) is 2.01. The van der Waals surface area contributed by atoms with E-state index in [-0.39, 0.29) is 5.69 Å². The minimum absolute atomic E-state index is 0.117. The Labute approximate surface area is 82.3 Å². The highest BCUT2D eigenvalue weighted by Gasteiger charge is 2.26. The second-order valence-corrected chi connectivity index (χ2v) is 3.99. The van der Waals surface area contributed by atoms with Crippen LogP contribution in [0, 0.1) is 5.92 Å². The van der Waals surface area contributed by atoms with E-state index in [1.165, 1.54) is 19.3 Å². The van der Waals surface area contributed by atoms with Gasteiger partial charge in [0, 0.05) is 11.6 Å². The van der Waals surface area contributed by atoms with Crippen LogP contribution in [0.1, 0.15) is 48.3 Å².